The van der Waals surface area contributed by atoms with Crippen LogP contribution in [0, 0.1) is 6.92 Å². The van der Waals surface area contributed by atoms with Crippen LogP contribution >= 0.6 is 0 Å². The summed E-state index contributed by atoms with van der Waals surface area (Å²) in [7, 11) is 0. The normalized spacial score (nSPS) is 10.2. The molecule has 1 N–H and O–H groups in total. The fraction of sp³-hybridized carbons (Fsp3) is 0.231. The minimum atomic E-state index is -0.336. The van der Waals surface area contributed by atoms with Crippen molar-refractivity contribution in [3.05, 3.63) is 46.6 Å². The van der Waals surface area contributed by atoms with E-state index in [0.717, 1.165) is 22.4 Å². The van der Waals surface area contributed by atoms with Gasteiger partial charge in [-0.3, -0.25) is 0 Å². The van der Waals surface area contributed by atoms with Crippen molar-refractivity contribution in [3.8, 4) is 16.9 Å². The van der Waals surface area contributed by atoms with Gasteiger partial charge < -0.3 is 9.72 Å². The van der Waals surface area contributed by atoms with E-state index in [9.17, 15) is 4.79 Å². The van der Waals surface area contributed by atoms with Crippen LogP contribution in [-0.4, -0.2) is 16.6 Å². The molecule has 4 heteroatoms. The second kappa shape index (κ2) is 4.82. The number of H-pyrrole nitrogens is 1. The molecule has 0 saturated carbocycles. The van der Waals surface area contributed by atoms with Crippen LogP contribution < -0.4 is 10.4 Å². The zero-order chi connectivity index (χ0) is 12.3. The Morgan fingerprint density at radius 3 is 2.82 bits per heavy atom. The van der Waals surface area contributed by atoms with Crippen molar-refractivity contribution >= 4 is 0 Å². The summed E-state index contributed by atoms with van der Waals surface area (Å²) in [5, 5.41) is 0. The molecule has 0 aliphatic heterocycles. The van der Waals surface area contributed by atoms with Crippen molar-refractivity contribution < 1.29 is 4.74 Å². The number of aryl methyl sites for hydroxylation is 1. The largest absolute Gasteiger partial charge is 0.494 e. The predicted octanol–water partition coefficient (Wildman–Crippen LogP) is 2.14. The van der Waals surface area contributed by atoms with E-state index in [1.54, 1.807) is 12.4 Å². The monoisotopic (exact) mass is 230 g/mol. The quantitative estimate of drug-likeness (QED) is 0.878. The summed E-state index contributed by atoms with van der Waals surface area (Å²) in [5.74, 6) is 0.853. The van der Waals surface area contributed by atoms with Crippen LogP contribution in [0.2, 0.25) is 0 Å². The first-order valence-electron chi connectivity index (χ1n) is 5.49. The summed E-state index contributed by atoms with van der Waals surface area (Å²) >= 11 is 0. The lowest BCUT2D eigenvalue weighted by molar-refractivity contribution is 0.340. The van der Waals surface area contributed by atoms with Gasteiger partial charge in [0.1, 0.15) is 5.75 Å². The highest BCUT2D eigenvalue weighted by Crippen LogP contribution is 2.25. The van der Waals surface area contributed by atoms with Gasteiger partial charge in [-0.15, -0.1) is 0 Å². The molecule has 0 unspecified atom stereocenters. The predicted molar refractivity (Wildman–Crippen MR) is 66.2 cm³/mol. The molecule has 0 aliphatic rings. The van der Waals surface area contributed by atoms with E-state index in [1.807, 2.05) is 32.0 Å². The summed E-state index contributed by atoms with van der Waals surface area (Å²) in [6.45, 7) is 4.61. The molecule has 4 nitrogen and oxygen atoms in total. The van der Waals surface area contributed by atoms with E-state index in [1.165, 1.54) is 0 Å². The molecule has 2 aromatic rings. The van der Waals surface area contributed by atoms with Gasteiger partial charge in [-0.05, 0) is 37.1 Å². The van der Waals surface area contributed by atoms with Crippen molar-refractivity contribution in [2.45, 2.75) is 13.8 Å². The molecule has 0 saturated heterocycles. The number of ether oxygens (including phenoxy) is 1. The smallest absolute Gasteiger partial charge is 0.344 e. The van der Waals surface area contributed by atoms with Crippen molar-refractivity contribution in [3.63, 3.8) is 0 Å². The molecule has 0 spiro atoms. The summed E-state index contributed by atoms with van der Waals surface area (Å²) in [5.41, 5.74) is 2.68. The van der Waals surface area contributed by atoms with Crippen molar-refractivity contribution in [2.75, 3.05) is 6.61 Å². The van der Waals surface area contributed by atoms with Crippen LogP contribution in [-0.2, 0) is 0 Å². The Bertz CT molecular complexity index is 555. The van der Waals surface area contributed by atoms with Crippen LogP contribution in [0.5, 0.6) is 5.75 Å². The number of benzene rings is 1. The molecule has 88 valence electrons. The highest BCUT2D eigenvalue weighted by Gasteiger charge is 2.04. The third-order valence-electron chi connectivity index (χ3n) is 2.49. The SMILES string of the molecule is CCOc1ccc(-c2cnc(=O)[nH]c2)c(C)c1. The van der Waals surface area contributed by atoms with Gasteiger partial charge in [-0.2, -0.15) is 0 Å². The van der Waals surface area contributed by atoms with Crippen LogP contribution in [0.4, 0.5) is 0 Å². The van der Waals surface area contributed by atoms with Crippen molar-refractivity contribution in [1.29, 1.82) is 0 Å². The van der Waals surface area contributed by atoms with Gasteiger partial charge in [0.2, 0.25) is 0 Å². The zero-order valence-electron chi connectivity index (χ0n) is 9.86. The van der Waals surface area contributed by atoms with Crippen LogP contribution in [0.25, 0.3) is 11.1 Å². The van der Waals surface area contributed by atoms with E-state index in [2.05, 4.69) is 9.97 Å². The maximum absolute atomic E-state index is 10.9. The van der Waals surface area contributed by atoms with Crippen LogP contribution in [0.15, 0.2) is 35.4 Å². The highest BCUT2D eigenvalue weighted by molar-refractivity contribution is 5.66. The van der Waals surface area contributed by atoms with Crippen molar-refractivity contribution in [1.82, 2.24) is 9.97 Å². The minimum absolute atomic E-state index is 0.336. The Balaban J connectivity index is 2.39. The number of rotatable bonds is 3. The van der Waals surface area contributed by atoms with E-state index >= 15 is 0 Å². The fourth-order valence-corrected chi connectivity index (χ4v) is 1.71. The molecule has 1 aromatic carbocycles. The lowest BCUT2D eigenvalue weighted by Gasteiger charge is -2.08. The first-order chi connectivity index (χ1) is 8.20. The third kappa shape index (κ3) is 2.53. The maximum Gasteiger partial charge on any atom is 0.344 e. The molecule has 0 radical (unpaired) electrons. The molecule has 1 heterocycles. The molecule has 0 bridgehead atoms. The molecule has 0 fully saturated rings. The molecule has 17 heavy (non-hydrogen) atoms. The molecule has 1 aromatic heterocycles. The second-order valence-electron chi connectivity index (χ2n) is 3.72. The van der Waals surface area contributed by atoms with E-state index in [4.69, 9.17) is 4.74 Å². The van der Waals surface area contributed by atoms with E-state index in [0.29, 0.717) is 6.61 Å². The molecular formula is C13H14N2O2. The Morgan fingerprint density at radius 1 is 1.41 bits per heavy atom. The molecule has 0 aliphatic carbocycles. The minimum Gasteiger partial charge on any atom is -0.494 e. The fourth-order valence-electron chi connectivity index (χ4n) is 1.71. The average Bonchev–Trinajstić information content (AvgIpc) is 2.31. The Labute approximate surface area is 99.3 Å². The van der Waals surface area contributed by atoms with Gasteiger partial charge in [0.15, 0.2) is 0 Å². The lowest BCUT2D eigenvalue weighted by atomic mass is 10.0. The third-order valence-corrected chi connectivity index (χ3v) is 2.49. The van der Waals surface area contributed by atoms with Crippen LogP contribution in [0.3, 0.4) is 0 Å². The molecule has 0 amide bonds. The van der Waals surface area contributed by atoms with Gasteiger partial charge in [-0.1, -0.05) is 6.07 Å². The number of aromatic nitrogens is 2. The van der Waals surface area contributed by atoms with Gasteiger partial charge >= 0.3 is 5.69 Å². The highest BCUT2D eigenvalue weighted by atomic mass is 16.5. The van der Waals surface area contributed by atoms with Gasteiger partial charge in [0.05, 0.1) is 6.61 Å². The Hall–Kier alpha value is -2.10. The average molecular weight is 230 g/mol. The second-order valence-corrected chi connectivity index (χ2v) is 3.72. The Kier molecular flexibility index (Phi) is 3.23. The number of nitrogens with zero attached hydrogens (tertiary/aromatic N) is 1. The first-order valence-corrected chi connectivity index (χ1v) is 5.49. The summed E-state index contributed by atoms with van der Waals surface area (Å²) in [6.07, 6.45) is 3.24. The Morgan fingerprint density at radius 2 is 2.24 bits per heavy atom. The first kappa shape index (κ1) is 11.4. The maximum atomic E-state index is 10.9. The summed E-state index contributed by atoms with van der Waals surface area (Å²) < 4.78 is 5.42. The summed E-state index contributed by atoms with van der Waals surface area (Å²) in [6, 6.07) is 5.86. The molecule has 2 rings (SSSR count). The van der Waals surface area contributed by atoms with Crippen molar-refractivity contribution in [2.24, 2.45) is 0 Å². The topological polar surface area (TPSA) is 55.0 Å². The lowest BCUT2D eigenvalue weighted by Crippen LogP contribution is -2.08. The van der Waals surface area contributed by atoms with E-state index < -0.39 is 0 Å². The summed E-state index contributed by atoms with van der Waals surface area (Å²) in [4.78, 5) is 17.2. The van der Waals surface area contributed by atoms with E-state index in [-0.39, 0.29) is 5.69 Å². The van der Waals surface area contributed by atoms with Crippen LogP contribution in [0.1, 0.15) is 12.5 Å². The molecule has 0 atom stereocenters. The standard InChI is InChI=1S/C13H14N2O2/c1-3-17-11-4-5-12(9(2)6-11)10-7-14-13(16)15-8-10/h4-8H,3H2,1-2H3,(H,14,15,16). The number of hydrogen-bond donors (Lipinski definition) is 1. The van der Waals surface area contributed by atoms with Gasteiger partial charge in [0.25, 0.3) is 0 Å². The number of hydrogen-bond acceptors (Lipinski definition) is 3. The zero-order valence-corrected chi connectivity index (χ0v) is 9.86. The number of aromatic amines is 1. The van der Waals surface area contributed by atoms with Gasteiger partial charge in [-0.25, -0.2) is 9.78 Å². The number of nitrogens with one attached hydrogen (secondary N) is 1. The molecular weight excluding hydrogens is 216 g/mol. The van der Waals surface area contributed by atoms with Gasteiger partial charge in [0, 0.05) is 18.0 Å².